The van der Waals surface area contributed by atoms with Gasteiger partial charge in [-0.3, -0.25) is 5.32 Å². The van der Waals surface area contributed by atoms with E-state index in [0.717, 1.165) is 24.8 Å². The van der Waals surface area contributed by atoms with Crippen molar-refractivity contribution in [3.63, 3.8) is 0 Å². The van der Waals surface area contributed by atoms with Crippen LogP contribution in [0.2, 0.25) is 0 Å². The topological polar surface area (TPSA) is 61.4 Å². The second-order valence-electron chi connectivity index (χ2n) is 4.53. The van der Waals surface area contributed by atoms with Gasteiger partial charge in [0.2, 0.25) is 0 Å². The van der Waals surface area contributed by atoms with Crippen molar-refractivity contribution in [3.05, 3.63) is 36.5 Å². The van der Waals surface area contributed by atoms with Crippen LogP contribution < -0.4 is 10.2 Å². The average molecular weight is 289 g/mol. The summed E-state index contributed by atoms with van der Waals surface area (Å²) in [7, 11) is 0. The predicted octanol–water partition coefficient (Wildman–Crippen LogP) is 1.89. The third kappa shape index (κ3) is 2.88. The summed E-state index contributed by atoms with van der Waals surface area (Å²) in [4.78, 5) is 16.1. The van der Waals surface area contributed by atoms with E-state index in [0.29, 0.717) is 18.9 Å². The smallest absolute Gasteiger partial charge is 0.323 e. The molecule has 2 amide bonds. The lowest BCUT2D eigenvalue weighted by Crippen LogP contribution is -2.50. The second-order valence-corrected chi connectivity index (χ2v) is 5.09. The highest BCUT2D eigenvalue weighted by atomic mass is 32.1. The number of carbonyl (C=O) groups excluding carboxylic acids is 1. The quantitative estimate of drug-likeness (QED) is 0.917. The average Bonchev–Trinajstić information content (AvgIpc) is 3.01. The number of benzene rings is 1. The standard InChI is InChI=1S/C13H15N5OS/c19-13(15-12-10-14-20-16-12)18-8-6-17(7-9-18)11-4-2-1-3-5-11/h1-5,10H,6-9H2,(H,15,16,19). The molecule has 2 aromatic rings. The molecule has 2 heterocycles. The summed E-state index contributed by atoms with van der Waals surface area (Å²) in [5, 5.41) is 2.75. The number of anilines is 2. The first-order valence-electron chi connectivity index (χ1n) is 6.46. The zero-order valence-corrected chi connectivity index (χ0v) is 11.7. The zero-order chi connectivity index (χ0) is 13.8. The zero-order valence-electron chi connectivity index (χ0n) is 10.9. The highest BCUT2D eigenvalue weighted by molar-refractivity contribution is 6.99. The summed E-state index contributed by atoms with van der Waals surface area (Å²) < 4.78 is 7.84. The number of nitrogens with zero attached hydrogens (tertiary/aromatic N) is 4. The largest absolute Gasteiger partial charge is 0.368 e. The molecule has 6 nitrogen and oxygen atoms in total. The van der Waals surface area contributed by atoms with Crippen molar-refractivity contribution in [3.8, 4) is 0 Å². The maximum atomic E-state index is 12.0. The monoisotopic (exact) mass is 289 g/mol. The highest BCUT2D eigenvalue weighted by Crippen LogP contribution is 2.16. The second kappa shape index (κ2) is 5.87. The number of carbonyl (C=O) groups is 1. The molecule has 0 radical (unpaired) electrons. The molecule has 1 saturated heterocycles. The maximum absolute atomic E-state index is 12.0. The summed E-state index contributed by atoms with van der Waals surface area (Å²) in [5.74, 6) is 0.519. The van der Waals surface area contributed by atoms with Crippen molar-refractivity contribution in [2.24, 2.45) is 0 Å². The van der Waals surface area contributed by atoms with Crippen LogP contribution in [0.1, 0.15) is 0 Å². The molecule has 7 heteroatoms. The van der Waals surface area contributed by atoms with E-state index >= 15 is 0 Å². The number of para-hydroxylation sites is 1. The molecule has 1 aromatic carbocycles. The molecule has 0 spiro atoms. The van der Waals surface area contributed by atoms with Crippen molar-refractivity contribution in [2.75, 3.05) is 36.4 Å². The molecule has 1 aliphatic heterocycles. The molecule has 104 valence electrons. The van der Waals surface area contributed by atoms with Crippen molar-refractivity contribution >= 4 is 29.3 Å². The summed E-state index contributed by atoms with van der Waals surface area (Å²) in [5.41, 5.74) is 1.20. The van der Waals surface area contributed by atoms with Crippen molar-refractivity contribution in [1.82, 2.24) is 13.6 Å². The Morgan fingerprint density at radius 1 is 1.15 bits per heavy atom. The Balaban J connectivity index is 1.54. The molecule has 0 bridgehead atoms. The Morgan fingerprint density at radius 3 is 2.55 bits per heavy atom. The minimum Gasteiger partial charge on any atom is -0.368 e. The lowest BCUT2D eigenvalue weighted by Gasteiger charge is -2.35. The summed E-state index contributed by atoms with van der Waals surface area (Å²) >= 11 is 1.08. The van der Waals surface area contributed by atoms with Gasteiger partial charge in [-0.25, -0.2) is 4.79 Å². The van der Waals surface area contributed by atoms with Crippen LogP contribution >= 0.6 is 11.7 Å². The Bertz CT molecular complexity index is 551. The van der Waals surface area contributed by atoms with Crippen LogP contribution in [0.5, 0.6) is 0 Å². The first-order chi connectivity index (χ1) is 9.83. The van der Waals surface area contributed by atoms with Gasteiger partial charge < -0.3 is 9.80 Å². The van der Waals surface area contributed by atoms with Crippen LogP contribution in [-0.4, -0.2) is 45.9 Å². The molecule has 0 atom stereocenters. The highest BCUT2D eigenvalue weighted by Gasteiger charge is 2.21. The Labute approximate surface area is 121 Å². The van der Waals surface area contributed by atoms with E-state index < -0.39 is 0 Å². The Kier molecular flexibility index (Phi) is 3.78. The van der Waals surface area contributed by atoms with Gasteiger partial charge in [0, 0.05) is 31.9 Å². The fourth-order valence-electron chi connectivity index (χ4n) is 2.21. The Hall–Kier alpha value is -2.15. The maximum Gasteiger partial charge on any atom is 0.323 e. The van der Waals surface area contributed by atoms with Crippen LogP contribution in [0, 0.1) is 0 Å². The third-order valence-corrected chi connectivity index (χ3v) is 3.76. The van der Waals surface area contributed by atoms with E-state index in [1.54, 1.807) is 11.1 Å². The van der Waals surface area contributed by atoms with Gasteiger partial charge in [0.1, 0.15) is 0 Å². The fourth-order valence-corrected chi connectivity index (χ4v) is 2.59. The molecule has 1 aliphatic rings. The number of urea groups is 1. The van der Waals surface area contributed by atoms with Crippen LogP contribution in [-0.2, 0) is 0 Å². The first kappa shape index (κ1) is 12.9. The minimum atomic E-state index is -0.106. The SMILES string of the molecule is O=C(Nc1cnsn1)N1CCN(c2ccccc2)CC1. The number of nitrogens with one attached hydrogen (secondary N) is 1. The molecule has 3 rings (SSSR count). The number of hydrogen-bond donors (Lipinski definition) is 1. The molecule has 0 unspecified atom stereocenters. The molecular formula is C13H15N5OS. The van der Waals surface area contributed by atoms with Gasteiger partial charge in [-0.1, -0.05) is 18.2 Å². The molecule has 0 saturated carbocycles. The normalized spacial score (nSPS) is 15.2. The minimum absolute atomic E-state index is 0.106. The van der Waals surface area contributed by atoms with Gasteiger partial charge >= 0.3 is 6.03 Å². The van der Waals surface area contributed by atoms with Crippen LogP contribution in [0.25, 0.3) is 0 Å². The first-order valence-corrected chi connectivity index (χ1v) is 7.19. The molecule has 20 heavy (non-hydrogen) atoms. The predicted molar refractivity (Wildman–Crippen MR) is 79.2 cm³/mol. The lowest BCUT2D eigenvalue weighted by atomic mass is 10.2. The lowest BCUT2D eigenvalue weighted by molar-refractivity contribution is 0.208. The van der Waals surface area contributed by atoms with Gasteiger partial charge in [-0.15, -0.1) is 0 Å². The summed E-state index contributed by atoms with van der Waals surface area (Å²) in [6, 6.07) is 10.2. The summed E-state index contributed by atoms with van der Waals surface area (Å²) in [6.45, 7) is 3.09. The third-order valence-electron chi connectivity index (χ3n) is 3.28. The van der Waals surface area contributed by atoms with Crippen LogP contribution in [0.4, 0.5) is 16.3 Å². The van der Waals surface area contributed by atoms with Crippen molar-refractivity contribution < 1.29 is 4.79 Å². The molecule has 1 N–H and O–H groups in total. The van der Waals surface area contributed by atoms with Crippen LogP contribution in [0.3, 0.4) is 0 Å². The van der Waals surface area contributed by atoms with Gasteiger partial charge in [0.25, 0.3) is 0 Å². The van der Waals surface area contributed by atoms with E-state index in [-0.39, 0.29) is 6.03 Å². The van der Waals surface area contributed by atoms with E-state index in [9.17, 15) is 4.79 Å². The van der Waals surface area contributed by atoms with E-state index in [2.05, 4.69) is 31.1 Å². The Morgan fingerprint density at radius 2 is 1.90 bits per heavy atom. The number of amides is 2. The molecule has 0 aliphatic carbocycles. The van der Waals surface area contributed by atoms with Gasteiger partial charge in [0.05, 0.1) is 17.9 Å². The molecule has 1 fully saturated rings. The van der Waals surface area contributed by atoms with Crippen molar-refractivity contribution in [2.45, 2.75) is 0 Å². The van der Waals surface area contributed by atoms with Gasteiger partial charge in [0.15, 0.2) is 5.82 Å². The number of aromatic nitrogens is 2. The number of hydrogen-bond acceptors (Lipinski definition) is 5. The van der Waals surface area contributed by atoms with E-state index in [4.69, 9.17) is 0 Å². The van der Waals surface area contributed by atoms with E-state index in [1.807, 2.05) is 18.2 Å². The number of piperazine rings is 1. The number of rotatable bonds is 2. The fraction of sp³-hybridized carbons (Fsp3) is 0.308. The van der Waals surface area contributed by atoms with Gasteiger partial charge in [-0.2, -0.15) is 8.75 Å². The molecule has 1 aromatic heterocycles. The summed E-state index contributed by atoms with van der Waals surface area (Å²) in [6.07, 6.45) is 1.56. The van der Waals surface area contributed by atoms with E-state index in [1.165, 1.54) is 5.69 Å². The van der Waals surface area contributed by atoms with Crippen molar-refractivity contribution in [1.29, 1.82) is 0 Å². The van der Waals surface area contributed by atoms with Crippen LogP contribution in [0.15, 0.2) is 36.5 Å². The van der Waals surface area contributed by atoms with Gasteiger partial charge in [-0.05, 0) is 12.1 Å². The molecular weight excluding hydrogens is 274 g/mol.